The molecule has 0 heterocycles. The van der Waals surface area contributed by atoms with Crippen LogP contribution in [0.3, 0.4) is 0 Å². The van der Waals surface area contributed by atoms with E-state index < -0.39 is 0 Å². The molecular weight excluding hydrogens is 522 g/mol. The van der Waals surface area contributed by atoms with Gasteiger partial charge in [-0.05, 0) is 72.6 Å². The molecule has 0 aliphatic carbocycles. The first kappa shape index (κ1) is 23.2. The zero-order chi connectivity index (χ0) is 22.1. The summed E-state index contributed by atoms with van der Waals surface area (Å²) < 4.78 is 13.1. The predicted octanol–water partition coefficient (Wildman–Crippen LogP) is 7.50. The van der Waals surface area contributed by atoms with E-state index >= 15 is 0 Å². The van der Waals surface area contributed by atoms with Gasteiger partial charge in [0.15, 0.2) is 0 Å². The van der Waals surface area contributed by atoms with Crippen molar-refractivity contribution in [2.24, 2.45) is 4.99 Å². The molecule has 0 amide bonds. The molecule has 6 heteroatoms. The summed E-state index contributed by atoms with van der Waals surface area (Å²) in [5.41, 5.74) is 3.34. The van der Waals surface area contributed by atoms with Gasteiger partial charge in [0.1, 0.15) is 12.4 Å². The van der Waals surface area contributed by atoms with E-state index in [0.717, 1.165) is 44.4 Å². The minimum Gasteiger partial charge on any atom is -0.489 e. The molecule has 0 saturated carbocycles. The first-order chi connectivity index (χ1) is 15.0. The van der Waals surface area contributed by atoms with Crippen molar-refractivity contribution in [3.05, 3.63) is 92.4 Å². The molecule has 0 unspecified atom stereocenters. The maximum atomic E-state index is 11.9. The van der Waals surface area contributed by atoms with E-state index in [-0.39, 0.29) is 5.97 Å². The van der Waals surface area contributed by atoms with Gasteiger partial charge in [0, 0.05) is 20.7 Å². The molecule has 0 N–H and O–H groups in total. The summed E-state index contributed by atoms with van der Waals surface area (Å²) in [7, 11) is 0. The van der Waals surface area contributed by atoms with Crippen molar-refractivity contribution in [2.45, 2.75) is 26.4 Å². The van der Waals surface area contributed by atoms with Gasteiger partial charge in [-0.15, -0.1) is 0 Å². The lowest BCUT2D eigenvalue weighted by atomic mass is 10.2. The third-order valence-corrected chi connectivity index (χ3v) is 5.72. The molecule has 0 aliphatic rings. The van der Waals surface area contributed by atoms with Gasteiger partial charge in [-0.25, -0.2) is 4.79 Å². The van der Waals surface area contributed by atoms with Crippen LogP contribution in [0.1, 0.15) is 41.3 Å². The normalized spacial score (nSPS) is 10.9. The molecule has 4 nitrogen and oxygen atoms in total. The van der Waals surface area contributed by atoms with Crippen molar-refractivity contribution in [1.82, 2.24) is 0 Å². The summed E-state index contributed by atoms with van der Waals surface area (Å²) in [6.07, 6.45) is 3.65. The fraction of sp³-hybridized carbons (Fsp3) is 0.200. The van der Waals surface area contributed by atoms with Crippen molar-refractivity contribution >= 4 is 49.7 Å². The maximum absolute atomic E-state index is 11.9. The van der Waals surface area contributed by atoms with Crippen LogP contribution in [-0.2, 0) is 11.3 Å². The van der Waals surface area contributed by atoms with Crippen LogP contribution in [0.4, 0.5) is 5.69 Å². The number of carbonyl (C=O) groups is 1. The number of hydrogen-bond donors (Lipinski definition) is 0. The lowest BCUT2D eigenvalue weighted by Gasteiger charge is -2.08. The summed E-state index contributed by atoms with van der Waals surface area (Å²) in [5, 5.41) is 0. The van der Waals surface area contributed by atoms with Gasteiger partial charge in [0.25, 0.3) is 0 Å². The Kier molecular flexibility index (Phi) is 8.85. The zero-order valence-electron chi connectivity index (χ0n) is 17.2. The Bertz CT molecular complexity index is 1030. The summed E-state index contributed by atoms with van der Waals surface area (Å²) in [6, 6.07) is 20.8. The van der Waals surface area contributed by atoms with Gasteiger partial charge in [-0.3, -0.25) is 4.99 Å². The molecule has 3 rings (SSSR count). The molecular formula is C25H23Br2NO3. The van der Waals surface area contributed by atoms with Gasteiger partial charge in [-0.1, -0.05) is 51.3 Å². The van der Waals surface area contributed by atoms with Crippen molar-refractivity contribution in [2.75, 3.05) is 6.61 Å². The van der Waals surface area contributed by atoms with Crippen LogP contribution in [0, 0.1) is 0 Å². The second-order valence-corrected chi connectivity index (χ2v) is 8.66. The second-order valence-electron chi connectivity index (χ2n) is 6.89. The number of aliphatic imine (C=N–C) groups is 1. The number of esters is 1. The highest BCUT2D eigenvalue weighted by atomic mass is 79.9. The molecule has 160 valence electrons. The lowest BCUT2D eigenvalue weighted by Crippen LogP contribution is -2.05. The molecule has 3 aromatic carbocycles. The number of hydrogen-bond acceptors (Lipinski definition) is 4. The van der Waals surface area contributed by atoms with Crippen LogP contribution in [0.25, 0.3) is 0 Å². The van der Waals surface area contributed by atoms with E-state index in [1.807, 2.05) is 42.5 Å². The SMILES string of the molecule is CCCCOC(=O)c1ccc(N=Cc2ccc(OCc3ccc(Br)cc3Br)cc2)cc1. The van der Waals surface area contributed by atoms with Crippen LogP contribution in [0.5, 0.6) is 5.75 Å². The van der Waals surface area contributed by atoms with E-state index in [9.17, 15) is 4.79 Å². The van der Waals surface area contributed by atoms with Gasteiger partial charge in [0.2, 0.25) is 0 Å². The Morgan fingerprint density at radius 1 is 1.00 bits per heavy atom. The molecule has 0 aromatic heterocycles. The number of halogens is 2. The van der Waals surface area contributed by atoms with Crippen LogP contribution in [0.15, 0.2) is 80.7 Å². The largest absolute Gasteiger partial charge is 0.489 e. The van der Waals surface area contributed by atoms with Crippen molar-refractivity contribution in [3.63, 3.8) is 0 Å². The summed E-state index contributed by atoms with van der Waals surface area (Å²) >= 11 is 7.00. The quantitative estimate of drug-likeness (QED) is 0.159. The highest BCUT2D eigenvalue weighted by Gasteiger charge is 2.06. The Morgan fingerprint density at radius 2 is 1.74 bits per heavy atom. The Morgan fingerprint density at radius 3 is 2.42 bits per heavy atom. The van der Waals surface area contributed by atoms with Crippen molar-refractivity contribution < 1.29 is 14.3 Å². The monoisotopic (exact) mass is 543 g/mol. The molecule has 0 radical (unpaired) electrons. The van der Waals surface area contributed by atoms with Gasteiger partial charge < -0.3 is 9.47 Å². The summed E-state index contributed by atoms with van der Waals surface area (Å²) in [6.45, 7) is 2.99. The average Bonchev–Trinajstić information content (AvgIpc) is 2.78. The van der Waals surface area contributed by atoms with E-state index in [4.69, 9.17) is 9.47 Å². The maximum Gasteiger partial charge on any atom is 0.338 e. The fourth-order valence-corrected chi connectivity index (χ4v) is 3.84. The molecule has 0 aliphatic heterocycles. The molecule has 31 heavy (non-hydrogen) atoms. The number of benzene rings is 3. The van der Waals surface area contributed by atoms with Crippen LogP contribution in [-0.4, -0.2) is 18.8 Å². The first-order valence-corrected chi connectivity index (χ1v) is 11.6. The minimum absolute atomic E-state index is 0.297. The average molecular weight is 545 g/mol. The summed E-state index contributed by atoms with van der Waals surface area (Å²) in [4.78, 5) is 16.4. The highest BCUT2D eigenvalue weighted by molar-refractivity contribution is 9.11. The highest BCUT2D eigenvalue weighted by Crippen LogP contribution is 2.23. The minimum atomic E-state index is -0.297. The molecule has 0 saturated heterocycles. The molecule has 3 aromatic rings. The van der Waals surface area contributed by atoms with Crippen LogP contribution in [0.2, 0.25) is 0 Å². The lowest BCUT2D eigenvalue weighted by molar-refractivity contribution is 0.0500. The Hall–Kier alpha value is -2.44. The fourth-order valence-electron chi connectivity index (χ4n) is 2.68. The first-order valence-electron chi connectivity index (χ1n) is 10.0. The van der Waals surface area contributed by atoms with E-state index in [0.29, 0.717) is 18.8 Å². The number of carbonyl (C=O) groups excluding carboxylic acids is 1. The molecule has 0 fully saturated rings. The van der Waals surface area contributed by atoms with Crippen LogP contribution >= 0.6 is 31.9 Å². The Balaban J connectivity index is 1.53. The van der Waals surface area contributed by atoms with Crippen molar-refractivity contribution in [1.29, 1.82) is 0 Å². The molecule has 0 bridgehead atoms. The number of rotatable bonds is 9. The number of nitrogens with zero attached hydrogens (tertiary/aromatic N) is 1. The number of unbranched alkanes of at least 4 members (excludes halogenated alkanes) is 1. The standard InChI is InChI=1S/C25H23Br2NO3/c1-2-3-14-30-25(29)19-7-10-22(11-8-19)28-16-18-4-12-23(13-5-18)31-17-20-6-9-21(26)15-24(20)27/h4-13,15-16H,2-3,14,17H2,1H3. The summed E-state index contributed by atoms with van der Waals surface area (Å²) in [5.74, 6) is 0.493. The third kappa shape index (κ3) is 7.33. The third-order valence-electron chi connectivity index (χ3n) is 4.49. The van der Waals surface area contributed by atoms with E-state index in [1.165, 1.54) is 0 Å². The number of ether oxygens (including phenoxy) is 2. The second kappa shape index (κ2) is 11.8. The smallest absolute Gasteiger partial charge is 0.338 e. The van der Waals surface area contributed by atoms with Crippen molar-refractivity contribution in [3.8, 4) is 5.75 Å². The van der Waals surface area contributed by atoms with E-state index in [1.54, 1.807) is 30.5 Å². The van der Waals surface area contributed by atoms with Gasteiger partial charge in [-0.2, -0.15) is 0 Å². The Labute approximate surface area is 199 Å². The van der Waals surface area contributed by atoms with Crippen LogP contribution < -0.4 is 4.74 Å². The van der Waals surface area contributed by atoms with Gasteiger partial charge >= 0.3 is 5.97 Å². The predicted molar refractivity (Wildman–Crippen MR) is 132 cm³/mol. The van der Waals surface area contributed by atoms with Gasteiger partial charge in [0.05, 0.1) is 17.9 Å². The molecule has 0 spiro atoms. The zero-order valence-corrected chi connectivity index (χ0v) is 20.4. The van der Waals surface area contributed by atoms with E-state index in [2.05, 4.69) is 43.8 Å². The molecule has 0 atom stereocenters. The topological polar surface area (TPSA) is 47.9 Å².